The first kappa shape index (κ1) is 11.1. The van der Waals surface area contributed by atoms with Crippen LogP contribution >= 0.6 is 0 Å². The third kappa shape index (κ3) is 1.95. The third-order valence-corrected chi connectivity index (χ3v) is 3.07. The Kier molecular flexibility index (Phi) is 2.71. The predicted octanol–water partition coefficient (Wildman–Crippen LogP) is 3.78. The van der Waals surface area contributed by atoms with Crippen molar-refractivity contribution in [2.75, 3.05) is 0 Å². The lowest BCUT2D eigenvalue weighted by Gasteiger charge is -2.29. The summed E-state index contributed by atoms with van der Waals surface area (Å²) in [5.41, 5.74) is 4.91. The van der Waals surface area contributed by atoms with Gasteiger partial charge in [-0.1, -0.05) is 37.8 Å². The van der Waals surface area contributed by atoms with Gasteiger partial charge >= 0.3 is 0 Å². The van der Waals surface area contributed by atoms with Crippen molar-refractivity contribution in [2.24, 2.45) is 4.99 Å². The highest BCUT2D eigenvalue weighted by Crippen LogP contribution is 2.29. The molecule has 1 aromatic carbocycles. The zero-order valence-corrected chi connectivity index (χ0v) is 10.4. The molecular formula is C15H19N. The number of aliphatic imine (C=N–C) groups is 1. The maximum Gasteiger partial charge on any atom is 0.0682 e. The molecule has 0 atom stereocenters. The Bertz CT molecular complexity index is 452. The predicted molar refractivity (Wildman–Crippen MR) is 70.2 cm³/mol. The van der Waals surface area contributed by atoms with Crippen LogP contribution < -0.4 is 0 Å². The summed E-state index contributed by atoms with van der Waals surface area (Å²) in [6.45, 7) is 10.6. The van der Waals surface area contributed by atoms with Crippen molar-refractivity contribution in [1.82, 2.24) is 0 Å². The van der Waals surface area contributed by atoms with E-state index in [4.69, 9.17) is 4.99 Å². The molecule has 0 saturated heterocycles. The number of hydrogen-bond acceptors (Lipinski definition) is 1. The molecule has 1 aromatic rings. The molecule has 0 fully saturated rings. The van der Waals surface area contributed by atoms with E-state index in [0.29, 0.717) is 0 Å². The van der Waals surface area contributed by atoms with E-state index < -0.39 is 0 Å². The van der Waals surface area contributed by atoms with E-state index in [1.165, 1.54) is 11.1 Å². The van der Waals surface area contributed by atoms with Gasteiger partial charge in [-0.15, -0.1) is 0 Å². The lowest BCUT2D eigenvalue weighted by atomic mass is 9.85. The first-order chi connectivity index (χ1) is 7.53. The topological polar surface area (TPSA) is 12.4 Å². The Balaban J connectivity index is 2.55. The fourth-order valence-electron chi connectivity index (χ4n) is 2.21. The standard InChI is InChI=1S/C15H19N/c1-5-11(2)14-13-9-7-6-8-12(13)10-15(3,4)16-14/h6-9H,2,5,10H2,1,3-4H3. The molecule has 0 spiro atoms. The molecule has 16 heavy (non-hydrogen) atoms. The minimum Gasteiger partial charge on any atom is -0.278 e. The Morgan fingerprint density at radius 1 is 1.38 bits per heavy atom. The van der Waals surface area contributed by atoms with Gasteiger partial charge in [0.15, 0.2) is 0 Å². The van der Waals surface area contributed by atoms with Crippen molar-refractivity contribution in [2.45, 2.75) is 39.2 Å². The van der Waals surface area contributed by atoms with Crippen molar-refractivity contribution >= 4 is 5.71 Å². The maximum atomic E-state index is 4.84. The minimum absolute atomic E-state index is 0.00178. The Morgan fingerprint density at radius 3 is 2.75 bits per heavy atom. The highest BCUT2D eigenvalue weighted by Gasteiger charge is 2.26. The molecule has 0 radical (unpaired) electrons. The van der Waals surface area contributed by atoms with E-state index in [-0.39, 0.29) is 5.54 Å². The number of hydrogen-bond donors (Lipinski definition) is 0. The quantitative estimate of drug-likeness (QED) is 0.709. The number of nitrogens with zero attached hydrogens (tertiary/aromatic N) is 1. The van der Waals surface area contributed by atoms with Crippen LogP contribution in [0.25, 0.3) is 0 Å². The van der Waals surface area contributed by atoms with E-state index in [2.05, 4.69) is 51.6 Å². The van der Waals surface area contributed by atoms with Gasteiger partial charge in [-0.2, -0.15) is 0 Å². The zero-order valence-electron chi connectivity index (χ0n) is 10.4. The Labute approximate surface area is 97.9 Å². The van der Waals surface area contributed by atoms with Gasteiger partial charge in [0.25, 0.3) is 0 Å². The van der Waals surface area contributed by atoms with Gasteiger partial charge in [0, 0.05) is 5.56 Å². The molecule has 0 aliphatic carbocycles. The minimum atomic E-state index is 0.00178. The monoisotopic (exact) mass is 213 g/mol. The molecule has 84 valence electrons. The number of rotatable bonds is 2. The highest BCUT2D eigenvalue weighted by molar-refractivity contribution is 6.13. The van der Waals surface area contributed by atoms with Gasteiger partial charge in [-0.3, -0.25) is 4.99 Å². The van der Waals surface area contributed by atoms with Gasteiger partial charge in [0.05, 0.1) is 11.3 Å². The zero-order chi connectivity index (χ0) is 11.8. The Morgan fingerprint density at radius 2 is 2.06 bits per heavy atom. The molecule has 0 bridgehead atoms. The van der Waals surface area contributed by atoms with Gasteiger partial charge < -0.3 is 0 Å². The second kappa shape index (κ2) is 3.89. The molecule has 0 N–H and O–H groups in total. The smallest absolute Gasteiger partial charge is 0.0682 e. The Hall–Kier alpha value is -1.37. The summed E-state index contributed by atoms with van der Waals surface area (Å²) in [5, 5.41) is 0. The van der Waals surface area contributed by atoms with Gasteiger partial charge in [-0.25, -0.2) is 0 Å². The molecule has 1 nitrogen and oxygen atoms in total. The van der Waals surface area contributed by atoms with Crippen LogP contribution in [0.5, 0.6) is 0 Å². The summed E-state index contributed by atoms with van der Waals surface area (Å²) in [5.74, 6) is 0. The van der Waals surface area contributed by atoms with Crippen LogP contribution in [0.3, 0.4) is 0 Å². The van der Waals surface area contributed by atoms with Crippen molar-refractivity contribution in [3.8, 4) is 0 Å². The van der Waals surface area contributed by atoms with Crippen LogP contribution in [-0.4, -0.2) is 11.3 Å². The van der Waals surface area contributed by atoms with Crippen LogP contribution in [-0.2, 0) is 6.42 Å². The van der Waals surface area contributed by atoms with Crippen molar-refractivity contribution in [3.05, 3.63) is 47.5 Å². The lowest BCUT2D eigenvalue weighted by Crippen LogP contribution is -2.29. The number of benzene rings is 1. The summed E-state index contributed by atoms with van der Waals surface area (Å²) in [4.78, 5) is 4.84. The van der Waals surface area contributed by atoms with Crippen LogP contribution in [0.1, 0.15) is 38.3 Å². The van der Waals surface area contributed by atoms with Crippen LogP contribution in [0.15, 0.2) is 41.4 Å². The molecule has 0 saturated carbocycles. The van der Waals surface area contributed by atoms with E-state index >= 15 is 0 Å². The van der Waals surface area contributed by atoms with Gasteiger partial charge in [0.2, 0.25) is 0 Å². The fourth-order valence-corrected chi connectivity index (χ4v) is 2.21. The molecule has 1 heterocycles. The van der Waals surface area contributed by atoms with E-state index in [1.54, 1.807) is 0 Å². The van der Waals surface area contributed by atoms with Crippen LogP contribution in [0, 0.1) is 0 Å². The fraction of sp³-hybridized carbons (Fsp3) is 0.400. The largest absolute Gasteiger partial charge is 0.278 e. The highest BCUT2D eigenvalue weighted by atomic mass is 14.9. The summed E-state index contributed by atoms with van der Waals surface area (Å²) in [6.07, 6.45) is 1.98. The molecule has 0 amide bonds. The van der Waals surface area contributed by atoms with Crippen molar-refractivity contribution in [1.29, 1.82) is 0 Å². The molecule has 0 unspecified atom stereocenters. The molecule has 0 aromatic heterocycles. The summed E-state index contributed by atoms with van der Waals surface area (Å²) in [7, 11) is 0. The normalized spacial score (nSPS) is 17.6. The molecular weight excluding hydrogens is 194 g/mol. The first-order valence-electron chi connectivity index (χ1n) is 5.90. The van der Waals surface area contributed by atoms with Crippen LogP contribution in [0.2, 0.25) is 0 Å². The SMILES string of the molecule is C=C(CC)C1=NC(C)(C)Cc2ccccc21. The average molecular weight is 213 g/mol. The number of allylic oxidation sites excluding steroid dienone is 1. The van der Waals surface area contributed by atoms with Gasteiger partial charge in [0.1, 0.15) is 0 Å². The van der Waals surface area contributed by atoms with Gasteiger partial charge in [-0.05, 0) is 37.8 Å². The molecule has 1 aliphatic rings. The maximum absolute atomic E-state index is 4.84. The summed E-state index contributed by atoms with van der Waals surface area (Å²) < 4.78 is 0. The second-order valence-corrected chi connectivity index (χ2v) is 5.06. The summed E-state index contributed by atoms with van der Waals surface area (Å²) in [6, 6.07) is 8.54. The average Bonchev–Trinajstić information content (AvgIpc) is 2.25. The molecule has 1 aliphatic heterocycles. The first-order valence-corrected chi connectivity index (χ1v) is 5.90. The number of fused-ring (bicyclic) bond motifs is 1. The molecule has 1 heteroatoms. The van der Waals surface area contributed by atoms with E-state index in [1.807, 2.05) is 0 Å². The third-order valence-electron chi connectivity index (χ3n) is 3.07. The van der Waals surface area contributed by atoms with Crippen molar-refractivity contribution in [3.63, 3.8) is 0 Å². The van der Waals surface area contributed by atoms with E-state index in [9.17, 15) is 0 Å². The second-order valence-electron chi connectivity index (χ2n) is 5.06. The van der Waals surface area contributed by atoms with E-state index in [0.717, 1.165) is 24.1 Å². The van der Waals surface area contributed by atoms with Crippen molar-refractivity contribution < 1.29 is 0 Å². The van der Waals surface area contributed by atoms with Crippen LogP contribution in [0.4, 0.5) is 0 Å². The lowest BCUT2D eigenvalue weighted by molar-refractivity contribution is 0.513. The summed E-state index contributed by atoms with van der Waals surface area (Å²) >= 11 is 0. The molecule has 2 rings (SSSR count).